The molecule has 0 aliphatic heterocycles. The van der Waals surface area contributed by atoms with Gasteiger partial charge in [-0.2, -0.15) is 0 Å². The highest BCUT2D eigenvalue weighted by Crippen LogP contribution is 2.18. The van der Waals surface area contributed by atoms with Crippen molar-refractivity contribution in [2.75, 3.05) is 11.5 Å². The maximum atomic E-state index is 13.1. The van der Waals surface area contributed by atoms with Gasteiger partial charge in [0.1, 0.15) is 5.60 Å². The zero-order valence-corrected chi connectivity index (χ0v) is 22.2. The summed E-state index contributed by atoms with van der Waals surface area (Å²) in [4.78, 5) is 25.8. The van der Waals surface area contributed by atoms with E-state index in [4.69, 9.17) is 16.2 Å². The van der Waals surface area contributed by atoms with E-state index in [-0.39, 0.29) is 6.42 Å². The Morgan fingerprint density at radius 3 is 1.89 bits per heavy atom. The molecule has 0 fully saturated rings. The molecule has 0 unspecified atom stereocenters. The van der Waals surface area contributed by atoms with E-state index in [1.807, 2.05) is 60.7 Å². The molecule has 3 aromatic carbocycles. The van der Waals surface area contributed by atoms with E-state index < -0.39 is 35.8 Å². The quantitative estimate of drug-likeness (QED) is 0.256. The highest BCUT2D eigenvalue weighted by molar-refractivity contribution is 5.96. The van der Waals surface area contributed by atoms with Crippen LogP contribution in [0, 0.1) is 0 Å². The number of amides is 2. The molecule has 38 heavy (non-hydrogen) atoms. The van der Waals surface area contributed by atoms with E-state index >= 15 is 0 Å². The monoisotopic (exact) mass is 518 g/mol. The Bertz CT molecular complexity index is 1180. The molecular formula is C30H38N4O4. The van der Waals surface area contributed by atoms with Gasteiger partial charge in [0.25, 0.3) is 5.91 Å². The SMILES string of the molecule is CC(C)(C)OC(=O)N[C@@H](Cc1ccccc1)C[C@H](O)[C@H](Cc1ccccc1)NC(=O)c1cc(N)cc(N)c1. The van der Waals surface area contributed by atoms with Crippen molar-refractivity contribution in [2.45, 2.75) is 63.8 Å². The van der Waals surface area contributed by atoms with Gasteiger partial charge in [-0.15, -0.1) is 0 Å². The number of nitrogen functional groups attached to an aromatic ring is 2. The number of aliphatic hydroxyl groups is 1. The minimum absolute atomic E-state index is 0.186. The molecule has 7 N–H and O–H groups in total. The van der Waals surface area contributed by atoms with Crippen LogP contribution < -0.4 is 22.1 Å². The fraction of sp³-hybridized carbons (Fsp3) is 0.333. The second kappa shape index (κ2) is 13.0. The number of anilines is 2. The van der Waals surface area contributed by atoms with E-state index in [0.717, 1.165) is 11.1 Å². The van der Waals surface area contributed by atoms with E-state index in [9.17, 15) is 14.7 Å². The van der Waals surface area contributed by atoms with Crippen LogP contribution in [-0.4, -0.2) is 40.9 Å². The lowest BCUT2D eigenvalue weighted by Gasteiger charge is -2.29. The molecular weight excluding hydrogens is 480 g/mol. The van der Waals surface area contributed by atoms with Crippen LogP contribution in [0.2, 0.25) is 0 Å². The molecule has 0 aliphatic carbocycles. The van der Waals surface area contributed by atoms with Gasteiger partial charge in [-0.25, -0.2) is 4.79 Å². The zero-order valence-electron chi connectivity index (χ0n) is 22.2. The number of ether oxygens (including phenoxy) is 1. The predicted molar refractivity (Wildman–Crippen MR) is 151 cm³/mol. The molecule has 8 nitrogen and oxygen atoms in total. The Morgan fingerprint density at radius 1 is 0.842 bits per heavy atom. The Morgan fingerprint density at radius 2 is 1.37 bits per heavy atom. The predicted octanol–water partition coefficient (Wildman–Crippen LogP) is 4.08. The van der Waals surface area contributed by atoms with Gasteiger partial charge in [0.15, 0.2) is 0 Å². The number of aliphatic hydroxyl groups excluding tert-OH is 1. The molecule has 0 saturated carbocycles. The van der Waals surface area contributed by atoms with Crippen LogP contribution in [0.5, 0.6) is 0 Å². The number of alkyl carbamates (subject to hydrolysis) is 1. The minimum Gasteiger partial charge on any atom is -0.444 e. The third-order valence-electron chi connectivity index (χ3n) is 5.89. The third kappa shape index (κ3) is 9.44. The fourth-order valence-electron chi connectivity index (χ4n) is 4.23. The molecule has 8 heteroatoms. The van der Waals surface area contributed by atoms with Crippen LogP contribution in [0.1, 0.15) is 48.7 Å². The number of carbonyl (C=O) groups is 2. The third-order valence-corrected chi connectivity index (χ3v) is 5.89. The first-order chi connectivity index (χ1) is 18.0. The van der Waals surface area contributed by atoms with Crippen molar-refractivity contribution in [1.29, 1.82) is 0 Å². The summed E-state index contributed by atoms with van der Waals surface area (Å²) in [7, 11) is 0. The summed E-state index contributed by atoms with van der Waals surface area (Å²) in [5, 5.41) is 17.3. The number of rotatable bonds is 10. The average Bonchev–Trinajstić information content (AvgIpc) is 2.83. The van der Waals surface area contributed by atoms with E-state index in [2.05, 4.69) is 10.6 Å². The first kappa shape index (κ1) is 28.5. The number of nitrogens with one attached hydrogen (secondary N) is 2. The molecule has 0 saturated heterocycles. The van der Waals surface area contributed by atoms with Gasteiger partial charge in [0, 0.05) is 23.0 Å². The molecule has 0 bridgehead atoms. The fourth-order valence-corrected chi connectivity index (χ4v) is 4.23. The van der Waals surface area contributed by atoms with Gasteiger partial charge >= 0.3 is 6.09 Å². The normalized spacial score (nSPS) is 13.7. The van der Waals surface area contributed by atoms with Gasteiger partial charge in [-0.3, -0.25) is 4.79 Å². The highest BCUT2D eigenvalue weighted by atomic mass is 16.6. The molecule has 0 aliphatic rings. The lowest BCUT2D eigenvalue weighted by atomic mass is 9.93. The smallest absolute Gasteiger partial charge is 0.407 e. The lowest BCUT2D eigenvalue weighted by Crippen LogP contribution is -2.49. The summed E-state index contributed by atoms with van der Waals surface area (Å²) < 4.78 is 5.46. The van der Waals surface area contributed by atoms with Crippen LogP contribution >= 0.6 is 0 Å². The van der Waals surface area contributed by atoms with Crippen LogP contribution in [0.15, 0.2) is 78.9 Å². The van der Waals surface area contributed by atoms with Crippen molar-refractivity contribution in [1.82, 2.24) is 10.6 Å². The van der Waals surface area contributed by atoms with Gasteiger partial charge in [0.2, 0.25) is 0 Å². The number of carbonyl (C=O) groups excluding carboxylic acids is 2. The van der Waals surface area contributed by atoms with Crippen LogP contribution in [0.25, 0.3) is 0 Å². The summed E-state index contributed by atoms with van der Waals surface area (Å²) >= 11 is 0. The lowest BCUT2D eigenvalue weighted by molar-refractivity contribution is 0.0463. The largest absolute Gasteiger partial charge is 0.444 e. The number of hydrogen-bond donors (Lipinski definition) is 5. The van der Waals surface area contributed by atoms with Gasteiger partial charge in [-0.05, 0) is 69.4 Å². The van der Waals surface area contributed by atoms with Crippen LogP contribution in [0.3, 0.4) is 0 Å². The first-order valence-electron chi connectivity index (χ1n) is 12.7. The zero-order chi connectivity index (χ0) is 27.7. The number of hydrogen-bond acceptors (Lipinski definition) is 6. The van der Waals surface area contributed by atoms with Gasteiger partial charge in [-0.1, -0.05) is 60.7 Å². The van der Waals surface area contributed by atoms with Crippen molar-refractivity contribution in [2.24, 2.45) is 0 Å². The Labute approximate surface area is 224 Å². The van der Waals surface area contributed by atoms with Crippen molar-refractivity contribution in [3.63, 3.8) is 0 Å². The maximum absolute atomic E-state index is 13.1. The summed E-state index contributed by atoms with van der Waals surface area (Å²) in [6, 6.07) is 22.8. The first-order valence-corrected chi connectivity index (χ1v) is 12.7. The highest BCUT2D eigenvalue weighted by Gasteiger charge is 2.28. The topological polar surface area (TPSA) is 140 Å². The van der Waals surface area contributed by atoms with Gasteiger partial charge < -0.3 is 31.9 Å². The van der Waals surface area contributed by atoms with Crippen LogP contribution in [-0.2, 0) is 17.6 Å². The van der Waals surface area contributed by atoms with Crippen molar-refractivity contribution in [3.8, 4) is 0 Å². The molecule has 0 radical (unpaired) electrons. The number of nitrogens with two attached hydrogens (primary N) is 2. The summed E-state index contributed by atoms with van der Waals surface area (Å²) in [6.07, 6.45) is -0.499. The van der Waals surface area contributed by atoms with Crippen molar-refractivity contribution < 1.29 is 19.4 Å². The molecule has 2 amide bonds. The van der Waals surface area contributed by atoms with E-state index in [1.54, 1.807) is 39.0 Å². The Balaban J connectivity index is 1.82. The van der Waals surface area contributed by atoms with E-state index in [1.165, 1.54) is 0 Å². The molecule has 0 heterocycles. The summed E-state index contributed by atoms with van der Waals surface area (Å²) in [5.74, 6) is -0.399. The molecule has 3 rings (SSSR count). The standard InChI is InChI=1S/C30H38N4O4/c1-30(2,3)38-29(37)33-25(14-20-10-6-4-7-11-20)19-27(35)26(15-21-12-8-5-9-13-21)34-28(36)22-16-23(31)18-24(32)17-22/h4-13,16-18,25-27,35H,14-15,19,31-32H2,1-3H3,(H,33,37)(H,34,36)/t25-,26-,27-/m0/s1. The van der Waals surface area contributed by atoms with Crippen molar-refractivity contribution >= 4 is 23.4 Å². The molecule has 202 valence electrons. The minimum atomic E-state index is -0.985. The average molecular weight is 519 g/mol. The second-order valence-electron chi connectivity index (χ2n) is 10.5. The summed E-state index contributed by atoms with van der Waals surface area (Å²) in [5.41, 5.74) is 14.1. The van der Waals surface area contributed by atoms with Gasteiger partial charge in [0.05, 0.1) is 12.1 Å². The summed E-state index contributed by atoms with van der Waals surface area (Å²) in [6.45, 7) is 5.38. The Kier molecular flexibility index (Phi) is 9.73. The Hall–Kier alpha value is -4.04. The molecule has 3 aromatic rings. The van der Waals surface area contributed by atoms with Crippen molar-refractivity contribution in [3.05, 3.63) is 95.6 Å². The molecule has 0 spiro atoms. The second-order valence-corrected chi connectivity index (χ2v) is 10.5. The molecule has 3 atom stereocenters. The van der Waals surface area contributed by atoms with E-state index in [0.29, 0.717) is 29.8 Å². The number of benzene rings is 3. The molecule has 0 aromatic heterocycles. The maximum Gasteiger partial charge on any atom is 0.407 e. The van der Waals surface area contributed by atoms with Crippen LogP contribution in [0.4, 0.5) is 16.2 Å².